The Labute approximate surface area is 147 Å². The van der Waals surface area contributed by atoms with Crippen LogP contribution in [0.3, 0.4) is 0 Å². The van der Waals surface area contributed by atoms with Gasteiger partial charge in [0.15, 0.2) is 0 Å². The summed E-state index contributed by atoms with van der Waals surface area (Å²) in [5.74, 6) is 0.952. The van der Waals surface area contributed by atoms with Gasteiger partial charge in [0.25, 0.3) is 0 Å². The molecule has 0 fully saturated rings. The fourth-order valence-corrected chi connectivity index (χ4v) is 3.07. The molecule has 24 heavy (non-hydrogen) atoms. The molecule has 2 aromatic rings. The van der Waals surface area contributed by atoms with Gasteiger partial charge in [0.1, 0.15) is 11.9 Å². The predicted octanol–water partition coefficient (Wildman–Crippen LogP) is 3.87. The maximum absolute atomic E-state index is 12.0. The number of nitrogens with one attached hydrogen (secondary N) is 1. The summed E-state index contributed by atoms with van der Waals surface area (Å²) in [6.07, 6.45) is 5.02. The van der Waals surface area contributed by atoms with Crippen molar-refractivity contribution in [3.8, 4) is 16.9 Å². The second-order valence-electron chi connectivity index (χ2n) is 6.18. The Morgan fingerprint density at radius 2 is 2.17 bits per heavy atom. The summed E-state index contributed by atoms with van der Waals surface area (Å²) >= 11 is 6.27. The number of fused-ring (bicyclic) bond motifs is 1. The Morgan fingerprint density at radius 3 is 2.88 bits per heavy atom. The summed E-state index contributed by atoms with van der Waals surface area (Å²) in [5, 5.41) is 3.67. The average Bonchev–Trinajstić information content (AvgIpc) is 3.01. The molecule has 2 atom stereocenters. The lowest BCUT2D eigenvalue weighted by Crippen LogP contribution is -2.37. The van der Waals surface area contributed by atoms with Gasteiger partial charge in [-0.2, -0.15) is 0 Å². The molecule has 0 saturated carbocycles. The van der Waals surface area contributed by atoms with Gasteiger partial charge in [0, 0.05) is 40.9 Å². The Bertz CT molecular complexity index is 734. The van der Waals surface area contributed by atoms with E-state index in [1.54, 1.807) is 12.4 Å². The molecule has 1 aliphatic heterocycles. The van der Waals surface area contributed by atoms with Crippen molar-refractivity contribution in [2.45, 2.75) is 32.8 Å². The molecule has 5 heteroatoms. The topological polar surface area (TPSA) is 51.2 Å². The van der Waals surface area contributed by atoms with Crippen LogP contribution >= 0.6 is 11.6 Å². The van der Waals surface area contributed by atoms with Gasteiger partial charge in [-0.05, 0) is 36.2 Å². The Hall–Kier alpha value is -2.07. The van der Waals surface area contributed by atoms with Crippen LogP contribution in [0.5, 0.6) is 5.75 Å². The molecule has 1 aliphatic rings. The second kappa shape index (κ2) is 7.22. The van der Waals surface area contributed by atoms with Crippen molar-refractivity contribution in [2.24, 2.45) is 5.92 Å². The molecular weight excluding hydrogens is 324 g/mol. The summed E-state index contributed by atoms with van der Waals surface area (Å²) in [6, 6.07) is 7.73. The van der Waals surface area contributed by atoms with Crippen LogP contribution in [0.25, 0.3) is 11.1 Å². The third-order valence-corrected chi connectivity index (χ3v) is 4.64. The number of aromatic nitrogens is 1. The number of hydrogen-bond acceptors (Lipinski definition) is 3. The molecule has 0 unspecified atom stereocenters. The van der Waals surface area contributed by atoms with E-state index in [1.807, 2.05) is 38.1 Å². The molecule has 0 bridgehead atoms. The summed E-state index contributed by atoms with van der Waals surface area (Å²) in [4.78, 5) is 16.0. The Morgan fingerprint density at radius 1 is 1.42 bits per heavy atom. The molecule has 3 rings (SSSR count). The highest BCUT2D eigenvalue weighted by Gasteiger charge is 2.27. The highest BCUT2D eigenvalue weighted by Crippen LogP contribution is 2.40. The second-order valence-corrected chi connectivity index (χ2v) is 6.61. The molecular formula is C19H21ClN2O2. The number of nitrogens with zero attached hydrogens (tertiary/aromatic N) is 1. The van der Waals surface area contributed by atoms with Crippen LogP contribution in [-0.2, 0) is 11.2 Å². The SMILES string of the molecule is CC[C@H](C)C(=O)NC[C@H]1Cc2cc(Cl)cc(-c3ccncc3)c2O1. The van der Waals surface area contributed by atoms with Crippen molar-refractivity contribution < 1.29 is 9.53 Å². The van der Waals surface area contributed by atoms with Gasteiger partial charge in [-0.3, -0.25) is 9.78 Å². The van der Waals surface area contributed by atoms with Crippen LogP contribution in [0, 0.1) is 5.92 Å². The average molecular weight is 345 g/mol. The van der Waals surface area contributed by atoms with E-state index < -0.39 is 0 Å². The van der Waals surface area contributed by atoms with E-state index in [4.69, 9.17) is 16.3 Å². The summed E-state index contributed by atoms with van der Waals surface area (Å²) in [6.45, 7) is 4.45. The molecule has 0 saturated heterocycles. The first-order valence-electron chi connectivity index (χ1n) is 8.25. The summed E-state index contributed by atoms with van der Waals surface area (Å²) < 4.78 is 6.12. The normalized spacial score (nSPS) is 17.0. The molecule has 2 heterocycles. The molecule has 1 amide bonds. The highest BCUT2D eigenvalue weighted by molar-refractivity contribution is 6.31. The van der Waals surface area contributed by atoms with Crippen molar-refractivity contribution >= 4 is 17.5 Å². The molecule has 4 nitrogen and oxygen atoms in total. The minimum absolute atomic E-state index is 0.0237. The van der Waals surface area contributed by atoms with E-state index in [0.29, 0.717) is 11.6 Å². The fourth-order valence-electron chi connectivity index (χ4n) is 2.83. The summed E-state index contributed by atoms with van der Waals surface area (Å²) in [7, 11) is 0. The maximum atomic E-state index is 12.0. The van der Waals surface area contributed by atoms with E-state index in [2.05, 4.69) is 10.3 Å². The number of carbonyl (C=O) groups excluding carboxylic acids is 1. The number of ether oxygens (including phenoxy) is 1. The quantitative estimate of drug-likeness (QED) is 0.895. The molecule has 126 valence electrons. The first-order valence-corrected chi connectivity index (χ1v) is 8.63. The molecule has 1 aromatic heterocycles. The van der Waals surface area contributed by atoms with Gasteiger partial charge in [-0.15, -0.1) is 0 Å². The maximum Gasteiger partial charge on any atom is 0.222 e. The van der Waals surface area contributed by atoms with Crippen LogP contribution in [-0.4, -0.2) is 23.5 Å². The number of halogens is 1. The van der Waals surface area contributed by atoms with Gasteiger partial charge >= 0.3 is 0 Å². The lowest BCUT2D eigenvalue weighted by atomic mass is 10.0. The van der Waals surface area contributed by atoms with Gasteiger partial charge in [0.05, 0.1) is 6.54 Å². The van der Waals surface area contributed by atoms with Crippen molar-refractivity contribution in [3.63, 3.8) is 0 Å². The van der Waals surface area contributed by atoms with Crippen molar-refractivity contribution in [1.29, 1.82) is 0 Å². The standard InChI is InChI=1S/C19H21ClN2O2/c1-3-12(2)19(23)22-11-16-9-14-8-15(20)10-17(18(14)24-16)13-4-6-21-7-5-13/h4-8,10,12,16H,3,9,11H2,1-2H3,(H,22,23)/t12-,16+/m0/s1. The van der Waals surface area contributed by atoms with E-state index in [1.165, 1.54) is 0 Å². The number of benzene rings is 1. The Kier molecular flexibility index (Phi) is 5.05. The van der Waals surface area contributed by atoms with Crippen LogP contribution < -0.4 is 10.1 Å². The number of hydrogen-bond donors (Lipinski definition) is 1. The van der Waals surface area contributed by atoms with Crippen LogP contribution in [0.1, 0.15) is 25.8 Å². The monoisotopic (exact) mass is 344 g/mol. The van der Waals surface area contributed by atoms with Gasteiger partial charge in [0.2, 0.25) is 5.91 Å². The van der Waals surface area contributed by atoms with Gasteiger partial charge < -0.3 is 10.1 Å². The highest BCUT2D eigenvalue weighted by atomic mass is 35.5. The predicted molar refractivity (Wildman–Crippen MR) is 95.3 cm³/mol. The lowest BCUT2D eigenvalue weighted by molar-refractivity contribution is -0.124. The largest absolute Gasteiger partial charge is 0.487 e. The van der Waals surface area contributed by atoms with Crippen molar-refractivity contribution in [3.05, 3.63) is 47.2 Å². The number of pyridine rings is 1. The molecule has 0 spiro atoms. The third-order valence-electron chi connectivity index (χ3n) is 4.42. The zero-order chi connectivity index (χ0) is 17.1. The minimum Gasteiger partial charge on any atom is -0.487 e. The lowest BCUT2D eigenvalue weighted by Gasteiger charge is -2.15. The van der Waals surface area contributed by atoms with Gasteiger partial charge in [-0.25, -0.2) is 0 Å². The first kappa shape index (κ1) is 16.8. The molecule has 0 aliphatic carbocycles. The van der Waals surface area contributed by atoms with E-state index in [-0.39, 0.29) is 17.9 Å². The Balaban J connectivity index is 1.76. The molecule has 0 radical (unpaired) electrons. The smallest absolute Gasteiger partial charge is 0.222 e. The molecule has 1 aromatic carbocycles. The third kappa shape index (κ3) is 3.54. The summed E-state index contributed by atoms with van der Waals surface area (Å²) in [5.41, 5.74) is 3.07. The van der Waals surface area contributed by atoms with Gasteiger partial charge in [-0.1, -0.05) is 25.4 Å². The zero-order valence-corrected chi connectivity index (χ0v) is 14.6. The van der Waals surface area contributed by atoms with Crippen LogP contribution in [0.15, 0.2) is 36.7 Å². The van der Waals surface area contributed by atoms with E-state index in [0.717, 1.165) is 35.3 Å². The first-order chi connectivity index (χ1) is 11.6. The zero-order valence-electron chi connectivity index (χ0n) is 13.9. The van der Waals surface area contributed by atoms with Crippen molar-refractivity contribution in [1.82, 2.24) is 10.3 Å². The van der Waals surface area contributed by atoms with Crippen LogP contribution in [0.4, 0.5) is 0 Å². The van der Waals surface area contributed by atoms with E-state index >= 15 is 0 Å². The number of amides is 1. The minimum atomic E-state index is -0.0629. The van der Waals surface area contributed by atoms with Crippen LogP contribution in [0.2, 0.25) is 5.02 Å². The number of carbonyl (C=O) groups is 1. The fraction of sp³-hybridized carbons (Fsp3) is 0.368. The molecule has 1 N–H and O–H groups in total. The number of rotatable bonds is 5. The van der Waals surface area contributed by atoms with E-state index in [9.17, 15) is 4.79 Å². The van der Waals surface area contributed by atoms with Crippen molar-refractivity contribution in [2.75, 3.05) is 6.54 Å².